The fourth-order valence-corrected chi connectivity index (χ4v) is 6.62. The summed E-state index contributed by atoms with van der Waals surface area (Å²) >= 11 is 0. The lowest BCUT2D eigenvalue weighted by molar-refractivity contribution is -0.153. The predicted octanol–water partition coefficient (Wildman–Crippen LogP) is 5.23. The van der Waals surface area contributed by atoms with Crippen LogP contribution in [0, 0.1) is 25.2 Å². The number of amides is 2. The molecule has 2 heterocycles. The van der Waals surface area contributed by atoms with Gasteiger partial charge in [0.2, 0.25) is 11.8 Å². The number of nitrogens with one attached hydrogen (secondary N) is 1. The van der Waals surface area contributed by atoms with Crippen LogP contribution in [0.25, 0.3) is 0 Å². The standard InChI is InChI=1S/C33H49N3O6/c1-20(2)41-28-21(3)14-24(15-22(28)4)25-17-33(42-35-25)18-26(31(39)40-8)36(19-33)30(38)29(32(5,6)7)34-27(37)16-23-12-10-9-11-13-23/h14-15,20,23,26,29H,9-13,16-19H2,1-8H3,(H,34,37)/t26-,29+,33+/m0/s1. The number of hydrogen-bond donors (Lipinski definition) is 1. The molecule has 2 amide bonds. The molecule has 1 aromatic carbocycles. The van der Waals surface area contributed by atoms with E-state index in [0.29, 0.717) is 18.8 Å². The van der Waals surface area contributed by atoms with Crippen LogP contribution in [0.2, 0.25) is 0 Å². The Labute approximate surface area is 250 Å². The maximum Gasteiger partial charge on any atom is 0.328 e. The number of methoxy groups -OCH3 is 1. The molecule has 3 atom stereocenters. The SMILES string of the molecule is COC(=O)[C@@H]1C[C@]2(CC(c3cc(C)c(OC(C)C)c(C)c3)=NO2)CN1C(=O)[C@@H](NC(=O)CC1CCCCC1)C(C)(C)C. The van der Waals surface area contributed by atoms with Gasteiger partial charge in [-0.05, 0) is 75.1 Å². The molecule has 0 aromatic heterocycles. The smallest absolute Gasteiger partial charge is 0.328 e. The van der Waals surface area contributed by atoms with Gasteiger partial charge in [-0.25, -0.2) is 4.79 Å². The highest BCUT2D eigenvalue weighted by Gasteiger charge is 2.55. The predicted molar refractivity (Wildman–Crippen MR) is 161 cm³/mol. The molecule has 0 unspecified atom stereocenters. The lowest BCUT2D eigenvalue weighted by atomic mass is 9.84. The summed E-state index contributed by atoms with van der Waals surface area (Å²) in [6.45, 7) is 14.0. The van der Waals surface area contributed by atoms with E-state index in [0.717, 1.165) is 53.8 Å². The Bertz CT molecular complexity index is 1190. The number of benzene rings is 1. The second-order valence-corrected chi connectivity index (χ2v) is 13.9. The van der Waals surface area contributed by atoms with Crippen LogP contribution in [-0.4, -0.2) is 65.8 Å². The summed E-state index contributed by atoms with van der Waals surface area (Å²) in [5, 5.41) is 7.49. The van der Waals surface area contributed by atoms with Crippen LogP contribution in [-0.2, 0) is 24.0 Å². The summed E-state index contributed by atoms with van der Waals surface area (Å²) in [6.07, 6.45) is 6.81. The lowest BCUT2D eigenvalue weighted by Crippen LogP contribution is -2.57. The Balaban J connectivity index is 1.53. The van der Waals surface area contributed by atoms with Gasteiger partial charge in [-0.2, -0.15) is 0 Å². The molecule has 2 aliphatic heterocycles. The molecule has 1 saturated carbocycles. The number of carbonyl (C=O) groups excluding carboxylic acids is 3. The van der Waals surface area contributed by atoms with Gasteiger partial charge in [0.05, 0.1) is 25.5 Å². The quantitative estimate of drug-likeness (QED) is 0.420. The highest BCUT2D eigenvalue weighted by Crippen LogP contribution is 2.41. The van der Waals surface area contributed by atoms with E-state index in [1.165, 1.54) is 18.4 Å². The number of hydrogen-bond acceptors (Lipinski definition) is 7. The highest BCUT2D eigenvalue weighted by atomic mass is 16.7. The van der Waals surface area contributed by atoms with Gasteiger partial charge in [0.15, 0.2) is 5.60 Å². The minimum atomic E-state index is -0.854. The zero-order valence-electron chi connectivity index (χ0n) is 26.7. The van der Waals surface area contributed by atoms with Crippen molar-refractivity contribution in [2.45, 2.75) is 124 Å². The summed E-state index contributed by atoms with van der Waals surface area (Å²) in [5.41, 5.74) is 2.30. The number of carbonyl (C=O) groups is 3. The summed E-state index contributed by atoms with van der Waals surface area (Å²) in [6, 6.07) is 2.46. The Kier molecular flexibility index (Phi) is 9.58. The van der Waals surface area contributed by atoms with E-state index in [1.54, 1.807) is 0 Å². The van der Waals surface area contributed by atoms with Gasteiger partial charge in [-0.15, -0.1) is 0 Å². The van der Waals surface area contributed by atoms with Gasteiger partial charge >= 0.3 is 5.97 Å². The molecular formula is C33H49N3O6. The molecule has 2 fully saturated rings. The minimum absolute atomic E-state index is 0.0647. The van der Waals surface area contributed by atoms with Crippen molar-refractivity contribution in [3.63, 3.8) is 0 Å². The average molecular weight is 584 g/mol. The molecule has 1 saturated heterocycles. The molecular weight excluding hydrogens is 534 g/mol. The monoisotopic (exact) mass is 583 g/mol. The van der Waals surface area contributed by atoms with Crippen LogP contribution < -0.4 is 10.1 Å². The largest absolute Gasteiger partial charge is 0.490 e. The van der Waals surface area contributed by atoms with E-state index < -0.39 is 29.1 Å². The lowest BCUT2D eigenvalue weighted by Gasteiger charge is -2.35. The molecule has 9 heteroatoms. The van der Waals surface area contributed by atoms with E-state index in [-0.39, 0.29) is 30.9 Å². The number of rotatable bonds is 8. The molecule has 42 heavy (non-hydrogen) atoms. The van der Waals surface area contributed by atoms with Crippen LogP contribution in [0.3, 0.4) is 0 Å². The van der Waals surface area contributed by atoms with E-state index in [1.807, 2.05) is 60.6 Å². The van der Waals surface area contributed by atoms with E-state index >= 15 is 0 Å². The van der Waals surface area contributed by atoms with Gasteiger partial charge in [0.25, 0.3) is 0 Å². The van der Waals surface area contributed by atoms with Crippen LogP contribution in [0.5, 0.6) is 5.75 Å². The van der Waals surface area contributed by atoms with Crippen molar-refractivity contribution < 1.29 is 28.7 Å². The van der Waals surface area contributed by atoms with E-state index in [4.69, 9.17) is 14.3 Å². The molecule has 0 bridgehead atoms. The minimum Gasteiger partial charge on any atom is -0.490 e. The van der Waals surface area contributed by atoms with Crippen molar-refractivity contribution in [2.75, 3.05) is 13.7 Å². The molecule has 1 aliphatic carbocycles. The third-order valence-electron chi connectivity index (χ3n) is 8.76. The van der Waals surface area contributed by atoms with Gasteiger partial charge in [0.1, 0.15) is 17.8 Å². The number of oxime groups is 1. The summed E-state index contributed by atoms with van der Waals surface area (Å²) in [4.78, 5) is 47.9. The second-order valence-electron chi connectivity index (χ2n) is 13.9. The molecule has 232 valence electrons. The van der Waals surface area contributed by atoms with Crippen LogP contribution in [0.4, 0.5) is 0 Å². The first kappa shape index (κ1) is 31.8. The first-order chi connectivity index (χ1) is 19.7. The molecule has 1 aromatic rings. The molecule has 1 spiro atoms. The number of likely N-dealkylation sites (tertiary alicyclic amines) is 1. The number of ether oxygens (including phenoxy) is 2. The zero-order valence-corrected chi connectivity index (χ0v) is 26.7. The third-order valence-corrected chi connectivity index (χ3v) is 8.76. The fourth-order valence-electron chi connectivity index (χ4n) is 6.62. The Morgan fingerprint density at radius 2 is 1.76 bits per heavy atom. The van der Waals surface area contributed by atoms with Gasteiger partial charge in [0, 0.05) is 24.8 Å². The first-order valence-electron chi connectivity index (χ1n) is 15.4. The molecule has 1 N–H and O–H groups in total. The Hall–Kier alpha value is -3.10. The highest BCUT2D eigenvalue weighted by molar-refractivity contribution is 6.02. The maximum absolute atomic E-state index is 14.2. The normalized spacial score (nSPS) is 23.5. The van der Waals surface area contributed by atoms with Gasteiger partial charge in [-0.3, -0.25) is 9.59 Å². The van der Waals surface area contributed by atoms with Crippen molar-refractivity contribution in [3.8, 4) is 5.75 Å². The van der Waals surface area contributed by atoms with Crippen molar-refractivity contribution in [1.82, 2.24) is 10.2 Å². The van der Waals surface area contributed by atoms with Crippen LogP contribution in [0.15, 0.2) is 17.3 Å². The van der Waals surface area contributed by atoms with Crippen LogP contribution in [0.1, 0.15) is 103 Å². The first-order valence-corrected chi connectivity index (χ1v) is 15.4. The Morgan fingerprint density at radius 3 is 2.33 bits per heavy atom. The van der Waals surface area contributed by atoms with Crippen LogP contribution >= 0.6 is 0 Å². The topological polar surface area (TPSA) is 107 Å². The van der Waals surface area contributed by atoms with Gasteiger partial charge in [-0.1, -0.05) is 45.2 Å². The van der Waals surface area contributed by atoms with E-state index in [2.05, 4.69) is 10.5 Å². The summed E-state index contributed by atoms with van der Waals surface area (Å²) < 4.78 is 11.1. The van der Waals surface area contributed by atoms with Crippen molar-refractivity contribution in [2.24, 2.45) is 16.5 Å². The number of esters is 1. The number of nitrogens with zero attached hydrogens (tertiary/aromatic N) is 2. The number of aryl methyl sites for hydroxylation is 2. The molecule has 3 aliphatic rings. The van der Waals surface area contributed by atoms with Crippen molar-refractivity contribution in [1.29, 1.82) is 0 Å². The average Bonchev–Trinajstić information content (AvgIpc) is 3.52. The fraction of sp³-hybridized carbons (Fsp3) is 0.697. The molecule has 4 rings (SSSR count). The van der Waals surface area contributed by atoms with E-state index in [9.17, 15) is 14.4 Å². The Morgan fingerprint density at radius 1 is 1.12 bits per heavy atom. The van der Waals surface area contributed by atoms with Crippen molar-refractivity contribution >= 4 is 23.5 Å². The zero-order chi connectivity index (χ0) is 30.8. The molecule has 9 nitrogen and oxygen atoms in total. The second kappa shape index (κ2) is 12.6. The van der Waals surface area contributed by atoms with Gasteiger partial charge < -0.3 is 24.5 Å². The maximum atomic E-state index is 14.2. The molecule has 0 radical (unpaired) electrons. The van der Waals surface area contributed by atoms with Crippen molar-refractivity contribution in [3.05, 3.63) is 28.8 Å². The third kappa shape index (κ3) is 7.09. The summed E-state index contributed by atoms with van der Waals surface area (Å²) in [7, 11) is 1.33. The summed E-state index contributed by atoms with van der Waals surface area (Å²) in [5.74, 6) is 0.307.